The fraction of sp³-hybridized carbons (Fsp3) is 1.00. The first-order chi connectivity index (χ1) is 8.25. The first kappa shape index (κ1) is 13.3. The largest absolute Gasteiger partial charge is 0.315 e. The Kier molecular flexibility index (Phi) is 5.26. The van der Waals surface area contributed by atoms with Gasteiger partial charge >= 0.3 is 0 Å². The van der Waals surface area contributed by atoms with Crippen molar-refractivity contribution in [2.75, 3.05) is 45.8 Å². The quantitative estimate of drug-likeness (QED) is 0.803. The topological polar surface area (TPSA) is 18.5 Å². The summed E-state index contributed by atoms with van der Waals surface area (Å²) in [5.41, 5.74) is 0. The molecule has 0 aromatic heterocycles. The summed E-state index contributed by atoms with van der Waals surface area (Å²) in [7, 11) is 0. The normalized spacial score (nSPS) is 26.3. The van der Waals surface area contributed by atoms with Gasteiger partial charge in [0.1, 0.15) is 0 Å². The van der Waals surface area contributed by atoms with Crippen LogP contribution in [0.4, 0.5) is 0 Å². The van der Waals surface area contributed by atoms with Crippen LogP contribution in [-0.2, 0) is 0 Å². The lowest BCUT2D eigenvalue weighted by atomic mass is 10.0. The van der Waals surface area contributed by atoms with Crippen molar-refractivity contribution in [3.05, 3.63) is 0 Å². The Balaban J connectivity index is 1.73. The summed E-state index contributed by atoms with van der Waals surface area (Å²) >= 11 is 0. The average Bonchev–Trinajstić information content (AvgIpc) is 2.58. The molecular formula is C14H29N3. The van der Waals surface area contributed by atoms with Gasteiger partial charge < -0.3 is 10.2 Å². The second kappa shape index (κ2) is 6.72. The van der Waals surface area contributed by atoms with Gasteiger partial charge in [0, 0.05) is 25.7 Å². The number of likely N-dealkylation sites (tertiary alicyclic amines) is 1. The van der Waals surface area contributed by atoms with Gasteiger partial charge in [0.05, 0.1) is 0 Å². The molecular weight excluding hydrogens is 210 g/mol. The highest BCUT2D eigenvalue weighted by Crippen LogP contribution is 2.18. The molecule has 0 radical (unpaired) electrons. The summed E-state index contributed by atoms with van der Waals surface area (Å²) < 4.78 is 0. The van der Waals surface area contributed by atoms with Crippen LogP contribution in [0.15, 0.2) is 0 Å². The highest BCUT2D eigenvalue weighted by atomic mass is 15.2. The van der Waals surface area contributed by atoms with E-state index >= 15 is 0 Å². The smallest absolute Gasteiger partial charge is 0.0120 e. The third kappa shape index (κ3) is 4.23. The van der Waals surface area contributed by atoms with E-state index in [1.165, 1.54) is 65.1 Å². The summed E-state index contributed by atoms with van der Waals surface area (Å²) in [6, 6.07) is 0.860. The van der Waals surface area contributed by atoms with Crippen LogP contribution in [0.5, 0.6) is 0 Å². The van der Waals surface area contributed by atoms with E-state index in [1.54, 1.807) is 0 Å². The molecule has 2 heterocycles. The molecule has 100 valence electrons. The minimum atomic E-state index is 0.814. The van der Waals surface area contributed by atoms with Crippen molar-refractivity contribution in [1.29, 1.82) is 0 Å². The predicted molar refractivity (Wildman–Crippen MR) is 73.4 cm³/mol. The first-order valence-corrected chi connectivity index (χ1v) is 7.43. The molecule has 17 heavy (non-hydrogen) atoms. The maximum absolute atomic E-state index is 3.50. The van der Waals surface area contributed by atoms with Crippen LogP contribution in [0, 0.1) is 5.92 Å². The predicted octanol–water partition coefficient (Wildman–Crippen LogP) is 1.40. The molecule has 2 rings (SSSR count). The van der Waals surface area contributed by atoms with Gasteiger partial charge in [0.2, 0.25) is 0 Å². The highest BCUT2D eigenvalue weighted by Gasteiger charge is 2.24. The molecule has 2 aliphatic rings. The zero-order chi connectivity index (χ0) is 12.1. The zero-order valence-electron chi connectivity index (χ0n) is 11.6. The lowest BCUT2D eigenvalue weighted by Crippen LogP contribution is -2.46. The fourth-order valence-corrected chi connectivity index (χ4v) is 3.22. The van der Waals surface area contributed by atoms with Gasteiger partial charge in [-0.15, -0.1) is 0 Å². The Morgan fingerprint density at radius 3 is 2.53 bits per heavy atom. The van der Waals surface area contributed by atoms with E-state index in [-0.39, 0.29) is 0 Å². The Morgan fingerprint density at radius 2 is 1.82 bits per heavy atom. The molecule has 0 amide bonds. The molecule has 0 aromatic carbocycles. The molecule has 0 aromatic rings. The monoisotopic (exact) mass is 239 g/mol. The Bertz CT molecular complexity index is 202. The van der Waals surface area contributed by atoms with Crippen molar-refractivity contribution in [1.82, 2.24) is 15.1 Å². The van der Waals surface area contributed by atoms with E-state index < -0.39 is 0 Å². The Morgan fingerprint density at radius 1 is 1.06 bits per heavy atom. The standard InChI is InChI=1S/C14H29N3/c1-13(2)12-16-9-4-14(5-10-16)17-8-3-6-15-7-11-17/h13-15H,3-12H2,1-2H3. The molecule has 3 heteroatoms. The van der Waals surface area contributed by atoms with E-state index in [2.05, 4.69) is 29.0 Å². The molecule has 0 spiro atoms. The second-order valence-electron chi connectivity index (χ2n) is 6.07. The number of rotatable bonds is 3. The number of piperidine rings is 1. The Hall–Kier alpha value is -0.120. The van der Waals surface area contributed by atoms with Crippen LogP contribution in [0.25, 0.3) is 0 Å². The fourth-order valence-electron chi connectivity index (χ4n) is 3.22. The minimum Gasteiger partial charge on any atom is -0.315 e. The van der Waals surface area contributed by atoms with Gasteiger partial charge in [-0.25, -0.2) is 0 Å². The van der Waals surface area contributed by atoms with Crippen molar-refractivity contribution in [3.8, 4) is 0 Å². The SMILES string of the molecule is CC(C)CN1CCC(N2CCCNCC2)CC1. The summed E-state index contributed by atoms with van der Waals surface area (Å²) in [5, 5.41) is 3.50. The van der Waals surface area contributed by atoms with Crippen LogP contribution >= 0.6 is 0 Å². The minimum absolute atomic E-state index is 0.814. The number of nitrogens with zero attached hydrogens (tertiary/aromatic N) is 2. The molecule has 3 nitrogen and oxygen atoms in total. The van der Waals surface area contributed by atoms with Gasteiger partial charge in [-0.2, -0.15) is 0 Å². The third-order valence-electron chi connectivity index (χ3n) is 4.07. The highest BCUT2D eigenvalue weighted by molar-refractivity contribution is 4.81. The number of nitrogens with one attached hydrogen (secondary N) is 1. The molecule has 0 atom stereocenters. The van der Waals surface area contributed by atoms with Gasteiger partial charge in [-0.3, -0.25) is 4.90 Å². The maximum Gasteiger partial charge on any atom is 0.0120 e. The summed E-state index contributed by atoms with van der Waals surface area (Å²) in [6.45, 7) is 13.5. The van der Waals surface area contributed by atoms with Crippen molar-refractivity contribution in [2.45, 2.75) is 39.2 Å². The molecule has 2 saturated heterocycles. The molecule has 1 N–H and O–H groups in total. The molecule has 0 aliphatic carbocycles. The maximum atomic E-state index is 3.50. The van der Waals surface area contributed by atoms with E-state index in [9.17, 15) is 0 Å². The summed E-state index contributed by atoms with van der Waals surface area (Å²) in [5.74, 6) is 0.814. The lowest BCUT2D eigenvalue weighted by molar-refractivity contribution is 0.106. The van der Waals surface area contributed by atoms with E-state index in [1.807, 2.05) is 0 Å². The molecule has 2 aliphatic heterocycles. The van der Waals surface area contributed by atoms with E-state index in [4.69, 9.17) is 0 Å². The summed E-state index contributed by atoms with van der Waals surface area (Å²) in [4.78, 5) is 5.38. The third-order valence-corrected chi connectivity index (χ3v) is 4.07. The molecule has 0 saturated carbocycles. The second-order valence-corrected chi connectivity index (χ2v) is 6.07. The number of hydrogen-bond acceptors (Lipinski definition) is 3. The number of hydrogen-bond donors (Lipinski definition) is 1. The van der Waals surface area contributed by atoms with Crippen molar-refractivity contribution >= 4 is 0 Å². The van der Waals surface area contributed by atoms with Crippen LogP contribution < -0.4 is 5.32 Å². The van der Waals surface area contributed by atoms with Crippen LogP contribution in [-0.4, -0.2) is 61.7 Å². The molecule has 0 bridgehead atoms. The summed E-state index contributed by atoms with van der Waals surface area (Å²) in [6.07, 6.45) is 4.09. The van der Waals surface area contributed by atoms with Gasteiger partial charge in [0.15, 0.2) is 0 Å². The molecule has 0 unspecified atom stereocenters. The van der Waals surface area contributed by atoms with Crippen molar-refractivity contribution < 1.29 is 0 Å². The first-order valence-electron chi connectivity index (χ1n) is 7.43. The van der Waals surface area contributed by atoms with E-state index in [0.717, 1.165) is 12.0 Å². The van der Waals surface area contributed by atoms with Gasteiger partial charge in [0.25, 0.3) is 0 Å². The Labute approximate surface area is 107 Å². The van der Waals surface area contributed by atoms with Crippen LogP contribution in [0.3, 0.4) is 0 Å². The van der Waals surface area contributed by atoms with Crippen LogP contribution in [0.1, 0.15) is 33.1 Å². The molecule has 2 fully saturated rings. The average molecular weight is 239 g/mol. The van der Waals surface area contributed by atoms with Gasteiger partial charge in [-0.05, 0) is 51.4 Å². The van der Waals surface area contributed by atoms with Crippen molar-refractivity contribution in [3.63, 3.8) is 0 Å². The van der Waals surface area contributed by atoms with Gasteiger partial charge in [-0.1, -0.05) is 13.8 Å². The lowest BCUT2D eigenvalue weighted by Gasteiger charge is -2.38. The van der Waals surface area contributed by atoms with Crippen molar-refractivity contribution in [2.24, 2.45) is 5.92 Å². The zero-order valence-corrected chi connectivity index (χ0v) is 11.6. The van der Waals surface area contributed by atoms with Crippen LogP contribution in [0.2, 0.25) is 0 Å². The van der Waals surface area contributed by atoms with E-state index in [0.29, 0.717) is 0 Å².